The van der Waals surface area contributed by atoms with E-state index in [1.165, 1.54) is 0 Å². The van der Waals surface area contributed by atoms with Crippen molar-refractivity contribution in [3.63, 3.8) is 0 Å². The van der Waals surface area contributed by atoms with Crippen molar-refractivity contribution in [2.75, 3.05) is 0 Å². The number of aryl methyl sites for hydroxylation is 1. The highest BCUT2D eigenvalue weighted by molar-refractivity contribution is 9.10. The van der Waals surface area contributed by atoms with Crippen LogP contribution in [0.3, 0.4) is 0 Å². The van der Waals surface area contributed by atoms with Crippen LogP contribution in [0.1, 0.15) is 23.0 Å². The summed E-state index contributed by atoms with van der Waals surface area (Å²) >= 11 is 3.34. The van der Waals surface area contributed by atoms with Crippen molar-refractivity contribution in [1.29, 1.82) is 0 Å². The molecule has 1 aromatic heterocycles. The zero-order valence-corrected chi connectivity index (χ0v) is 16.8. The third-order valence-electron chi connectivity index (χ3n) is 3.91. The van der Waals surface area contributed by atoms with Crippen molar-refractivity contribution in [3.8, 4) is 17.0 Å². The van der Waals surface area contributed by atoms with E-state index >= 15 is 0 Å². The summed E-state index contributed by atoms with van der Waals surface area (Å²) in [6.07, 6.45) is -0.813. The SMILES string of the molecule is Cc1onc(-c2ccccc2)c1C(=O)NNC(=O)C(C)Oc1cccc(Br)c1. The van der Waals surface area contributed by atoms with Crippen LogP contribution >= 0.6 is 15.9 Å². The molecule has 0 fully saturated rings. The highest BCUT2D eigenvalue weighted by atomic mass is 79.9. The second kappa shape index (κ2) is 8.71. The molecule has 8 heteroatoms. The van der Waals surface area contributed by atoms with Crippen molar-refractivity contribution >= 4 is 27.7 Å². The van der Waals surface area contributed by atoms with Gasteiger partial charge in [-0.15, -0.1) is 0 Å². The average molecular weight is 444 g/mol. The molecule has 28 heavy (non-hydrogen) atoms. The molecule has 3 rings (SSSR count). The smallest absolute Gasteiger partial charge is 0.279 e. The number of benzene rings is 2. The minimum absolute atomic E-state index is 0.257. The van der Waals surface area contributed by atoms with Gasteiger partial charge in [0.05, 0.1) is 0 Å². The normalized spacial score (nSPS) is 11.5. The number of carbonyl (C=O) groups excluding carboxylic acids is 2. The zero-order chi connectivity index (χ0) is 20.1. The molecule has 0 radical (unpaired) electrons. The molecule has 1 heterocycles. The molecule has 2 N–H and O–H groups in total. The number of nitrogens with one attached hydrogen (secondary N) is 2. The first-order chi connectivity index (χ1) is 13.5. The lowest BCUT2D eigenvalue weighted by atomic mass is 10.1. The van der Waals surface area contributed by atoms with Gasteiger partial charge in [0.25, 0.3) is 11.8 Å². The van der Waals surface area contributed by atoms with Gasteiger partial charge in [-0.2, -0.15) is 0 Å². The highest BCUT2D eigenvalue weighted by Gasteiger charge is 2.23. The molecule has 7 nitrogen and oxygen atoms in total. The molecular weight excluding hydrogens is 426 g/mol. The molecule has 2 aromatic carbocycles. The number of halogens is 1. The Morgan fingerprint density at radius 1 is 1.11 bits per heavy atom. The van der Waals surface area contributed by atoms with E-state index < -0.39 is 17.9 Å². The van der Waals surface area contributed by atoms with Gasteiger partial charge in [0, 0.05) is 10.0 Å². The number of nitrogens with zero attached hydrogens (tertiary/aromatic N) is 1. The Balaban J connectivity index is 1.64. The molecular formula is C20H18BrN3O4. The van der Waals surface area contributed by atoms with Crippen molar-refractivity contribution < 1.29 is 18.8 Å². The number of hydrogen-bond acceptors (Lipinski definition) is 5. The minimum atomic E-state index is -0.813. The maximum atomic E-state index is 12.6. The first kappa shape index (κ1) is 19.6. The standard InChI is InChI=1S/C20H18BrN3O4/c1-12-17(18(24-28-12)14-7-4-3-5-8-14)20(26)23-22-19(25)13(2)27-16-10-6-9-15(21)11-16/h3-11,13H,1-2H3,(H,22,25)(H,23,26). The van der Waals surface area contributed by atoms with Crippen LogP contribution in [0, 0.1) is 6.92 Å². The van der Waals surface area contributed by atoms with E-state index in [9.17, 15) is 9.59 Å². The van der Waals surface area contributed by atoms with Crippen LogP contribution in [0.2, 0.25) is 0 Å². The second-order valence-electron chi connectivity index (χ2n) is 5.99. The fourth-order valence-corrected chi connectivity index (χ4v) is 2.89. The minimum Gasteiger partial charge on any atom is -0.481 e. The lowest BCUT2D eigenvalue weighted by Gasteiger charge is -2.15. The molecule has 0 saturated heterocycles. The van der Waals surface area contributed by atoms with E-state index in [2.05, 4.69) is 31.9 Å². The van der Waals surface area contributed by atoms with Gasteiger partial charge in [-0.05, 0) is 32.0 Å². The van der Waals surface area contributed by atoms with E-state index in [1.807, 2.05) is 36.4 Å². The fraction of sp³-hybridized carbons (Fsp3) is 0.150. The van der Waals surface area contributed by atoms with Crippen LogP contribution in [0.15, 0.2) is 63.6 Å². The van der Waals surface area contributed by atoms with Gasteiger partial charge in [0.1, 0.15) is 22.8 Å². The molecule has 0 aliphatic carbocycles. The molecule has 0 spiro atoms. The van der Waals surface area contributed by atoms with E-state index in [0.717, 1.165) is 10.0 Å². The Kier molecular flexibility index (Phi) is 6.10. The van der Waals surface area contributed by atoms with Crippen molar-refractivity contribution in [1.82, 2.24) is 16.0 Å². The maximum absolute atomic E-state index is 12.6. The highest BCUT2D eigenvalue weighted by Crippen LogP contribution is 2.24. The Labute approximate surface area is 170 Å². The van der Waals surface area contributed by atoms with Gasteiger partial charge in [0.2, 0.25) is 0 Å². The predicted octanol–water partition coefficient (Wildman–Crippen LogP) is 3.64. The van der Waals surface area contributed by atoms with Gasteiger partial charge < -0.3 is 9.26 Å². The van der Waals surface area contributed by atoms with Crippen LogP contribution in [0.25, 0.3) is 11.3 Å². The third-order valence-corrected chi connectivity index (χ3v) is 4.41. The summed E-state index contributed by atoms with van der Waals surface area (Å²) in [5.74, 6) is -0.141. The van der Waals surface area contributed by atoms with E-state index in [-0.39, 0.29) is 5.56 Å². The van der Waals surface area contributed by atoms with Crippen LogP contribution in [0.5, 0.6) is 5.75 Å². The van der Waals surface area contributed by atoms with Gasteiger partial charge in [0.15, 0.2) is 6.10 Å². The summed E-state index contributed by atoms with van der Waals surface area (Å²) in [4.78, 5) is 24.8. The average Bonchev–Trinajstić information content (AvgIpc) is 3.08. The quantitative estimate of drug-likeness (QED) is 0.587. The van der Waals surface area contributed by atoms with Crippen LogP contribution in [0.4, 0.5) is 0 Å². The summed E-state index contributed by atoms with van der Waals surface area (Å²) in [7, 11) is 0. The summed E-state index contributed by atoms with van der Waals surface area (Å²) in [5.41, 5.74) is 6.15. The van der Waals surface area contributed by atoms with Gasteiger partial charge in [-0.25, -0.2) is 0 Å². The summed E-state index contributed by atoms with van der Waals surface area (Å²) in [6, 6.07) is 16.3. The van der Waals surface area contributed by atoms with Gasteiger partial charge in [-0.1, -0.05) is 57.5 Å². The summed E-state index contributed by atoms with van der Waals surface area (Å²) in [6.45, 7) is 3.22. The number of aromatic nitrogens is 1. The molecule has 0 bridgehead atoms. The number of hydrogen-bond donors (Lipinski definition) is 2. The van der Waals surface area contributed by atoms with Crippen LogP contribution in [-0.2, 0) is 4.79 Å². The summed E-state index contributed by atoms with van der Waals surface area (Å²) in [5, 5.41) is 3.96. The lowest BCUT2D eigenvalue weighted by Crippen LogP contribution is -2.47. The number of carbonyl (C=O) groups is 2. The molecule has 1 atom stereocenters. The first-order valence-electron chi connectivity index (χ1n) is 8.50. The molecule has 144 valence electrons. The lowest BCUT2D eigenvalue weighted by molar-refractivity contribution is -0.128. The zero-order valence-electron chi connectivity index (χ0n) is 15.2. The van der Waals surface area contributed by atoms with E-state index in [0.29, 0.717) is 17.2 Å². The fourth-order valence-electron chi connectivity index (χ4n) is 2.51. The number of hydrazine groups is 1. The topological polar surface area (TPSA) is 93.5 Å². The Morgan fingerprint density at radius 3 is 2.57 bits per heavy atom. The molecule has 0 aliphatic rings. The van der Waals surface area contributed by atoms with Gasteiger partial charge >= 0.3 is 0 Å². The monoisotopic (exact) mass is 443 g/mol. The van der Waals surface area contributed by atoms with Gasteiger partial charge in [-0.3, -0.25) is 20.4 Å². The molecule has 3 aromatic rings. The van der Waals surface area contributed by atoms with Crippen molar-refractivity contribution in [2.45, 2.75) is 20.0 Å². The predicted molar refractivity (Wildman–Crippen MR) is 107 cm³/mol. The molecule has 0 saturated carbocycles. The van der Waals surface area contributed by atoms with E-state index in [4.69, 9.17) is 9.26 Å². The Hall–Kier alpha value is -3.13. The number of ether oxygens (including phenoxy) is 1. The van der Waals surface area contributed by atoms with Crippen molar-refractivity contribution in [2.24, 2.45) is 0 Å². The van der Waals surface area contributed by atoms with E-state index in [1.54, 1.807) is 32.0 Å². The van der Waals surface area contributed by atoms with Crippen LogP contribution < -0.4 is 15.6 Å². The third kappa shape index (κ3) is 4.58. The Bertz CT molecular complexity index is 988. The van der Waals surface area contributed by atoms with Crippen molar-refractivity contribution in [3.05, 3.63) is 70.4 Å². The summed E-state index contributed by atoms with van der Waals surface area (Å²) < 4.78 is 11.6. The maximum Gasteiger partial charge on any atom is 0.279 e. The molecule has 1 unspecified atom stereocenters. The molecule has 2 amide bonds. The first-order valence-corrected chi connectivity index (χ1v) is 9.29. The van der Waals surface area contributed by atoms with Crippen LogP contribution in [-0.4, -0.2) is 23.1 Å². The molecule has 0 aliphatic heterocycles. The number of rotatable bonds is 5. The number of amides is 2. The Morgan fingerprint density at radius 2 is 1.86 bits per heavy atom. The largest absolute Gasteiger partial charge is 0.481 e. The second-order valence-corrected chi connectivity index (χ2v) is 6.90.